The van der Waals surface area contributed by atoms with Crippen LogP contribution in [-0.4, -0.2) is 76.1 Å². The third-order valence-electron chi connectivity index (χ3n) is 7.89. The molecule has 42 heavy (non-hydrogen) atoms. The molecule has 0 spiro atoms. The number of hydrogen-bond acceptors (Lipinski definition) is 8. The maximum Gasteiger partial charge on any atom is 0.246 e. The lowest BCUT2D eigenvalue weighted by atomic mass is 10.0. The van der Waals surface area contributed by atoms with E-state index in [0.717, 1.165) is 41.8 Å². The number of fused-ring (bicyclic) bond motifs is 2. The summed E-state index contributed by atoms with van der Waals surface area (Å²) in [6.45, 7) is 2.23. The summed E-state index contributed by atoms with van der Waals surface area (Å²) in [5, 5.41) is 0.738. The number of hydrogen-bond donors (Lipinski definition) is 1. The molecule has 10 heteroatoms. The van der Waals surface area contributed by atoms with E-state index in [9.17, 15) is 4.79 Å². The molecule has 0 radical (unpaired) electrons. The second-order valence-corrected chi connectivity index (χ2v) is 10.9. The van der Waals surface area contributed by atoms with E-state index in [0.29, 0.717) is 40.7 Å². The van der Waals surface area contributed by atoms with E-state index in [4.69, 9.17) is 15.2 Å². The first-order valence-corrected chi connectivity index (χ1v) is 13.8. The average molecular weight is 564 g/mol. The number of rotatable bonds is 7. The van der Waals surface area contributed by atoms with Gasteiger partial charge in [0.25, 0.3) is 0 Å². The van der Waals surface area contributed by atoms with E-state index in [1.165, 1.54) is 6.33 Å². The highest BCUT2D eigenvalue weighted by Gasteiger charge is 2.55. The van der Waals surface area contributed by atoms with Gasteiger partial charge < -0.3 is 29.6 Å². The number of anilines is 1. The number of nitrogen functional groups attached to an aromatic ring is 1. The van der Waals surface area contributed by atoms with Crippen molar-refractivity contribution in [3.63, 3.8) is 0 Å². The second kappa shape index (κ2) is 11.2. The first-order chi connectivity index (χ1) is 20.4. The SMILES string of the molecule is COc1cc(-c2c(C#CC3[C@H]4CN(C(=O)/C=C/CN(C)C)C[C@@H]34)n(C)c3ncnc(N)c23)ccc1Oc1ccccn1. The minimum absolute atomic E-state index is 0.0743. The van der Waals surface area contributed by atoms with Crippen molar-refractivity contribution >= 4 is 22.8 Å². The predicted octanol–water partition coefficient (Wildman–Crippen LogP) is 3.59. The number of carbonyl (C=O) groups is 1. The van der Waals surface area contributed by atoms with Gasteiger partial charge in [-0.3, -0.25) is 4.79 Å². The molecule has 10 nitrogen and oxygen atoms in total. The lowest BCUT2D eigenvalue weighted by Gasteiger charge is -2.16. The topological polar surface area (TPSA) is 112 Å². The summed E-state index contributed by atoms with van der Waals surface area (Å²) >= 11 is 0. The molecule has 3 aromatic heterocycles. The number of aromatic nitrogens is 4. The Labute approximate surface area is 244 Å². The summed E-state index contributed by atoms with van der Waals surface area (Å²) in [5.74, 6) is 10.0. The fourth-order valence-corrected chi connectivity index (χ4v) is 5.67. The number of nitrogens with zero attached hydrogens (tertiary/aromatic N) is 6. The fraction of sp³-hybridized carbons (Fsp3) is 0.312. The van der Waals surface area contributed by atoms with Gasteiger partial charge in [0.1, 0.15) is 23.5 Å². The zero-order chi connectivity index (χ0) is 29.4. The third-order valence-corrected chi connectivity index (χ3v) is 7.89. The Hall–Kier alpha value is -4.88. The maximum atomic E-state index is 12.6. The number of amides is 1. The van der Waals surface area contributed by atoms with Crippen LogP contribution < -0.4 is 15.2 Å². The number of carbonyl (C=O) groups excluding carboxylic acids is 1. The smallest absolute Gasteiger partial charge is 0.246 e. The van der Waals surface area contributed by atoms with Crippen molar-refractivity contribution in [2.75, 3.05) is 46.6 Å². The normalized spacial score (nSPS) is 19.2. The molecule has 1 amide bonds. The number of nitrogens with two attached hydrogens (primary N) is 1. The second-order valence-electron chi connectivity index (χ2n) is 10.9. The van der Waals surface area contributed by atoms with Gasteiger partial charge >= 0.3 is 0 Å². The highest BCUT2D eigenvalue weighted by molar-refractivity contribution is 6.03. The van der Waals surface area contributed by atoms with E-state index in [1.54, 1.807) is 25.4 Å². The molecule has 1 unspecified atom stereocenters. The van der Waals surface area contributed by atoms with Crippen LogP contribution in [0.5, 0.6) is 17.4 Å². The van der Waals surface area contributed by atoms with Gasteiger partial charge in [-0.25, -0.2) is 15.0 Å². The Morgan fingerprint density at radius 1 is 1.14 bits per heavy atom. The van der Waals surface area contributed by atoms with E-state index >= 15 is 0 Å². The molecule has 2 aliphatic rings. The molecule has 1 saturated carbocycles. The lowest BCUT2D eigenvalue weighted by molar-refractivity contribution is -0.125. The largest absolute Gasteiger partial charge is 0.493 e. The fourth-order valence-electron chi connectivity index (χ4n) is 5.67. The van der Waals surface area contributed by atoms with Crippen molar-refractivity contribution in [3.8, 4) is 40.3 Å². The Balaban J connectivity index is 1.29. The van der Waals surface area contributed by atoms with Crippen LogP contribution >= 0.6 is 0 Å². The minimum Gasteiger partial charge on any atom is -0.493 e. The van der Waals surface area contributed by atoms with Crippen molar-refractivity contribution in [2.24, 2.45) is 24.8 Å². The minimum atomic E-state index is 0.0743. The van der Waals surface area contributed by atoms with Crippen LogP contribution in [0.15, 0.2) is 61.1 Å². The monoisotopic (exact) mass is 563 g/mol. The van der Waals surface area contributed by atoms with Crippen molar-refractivity contribution in [2.45, 2.75) is 0 Å². The van der Waals surface area contributed by atoms with Gasteiger partial charge in [-0.1, -0.05) is 24.1 Å². The molecule has 1 aromatic carbocycles. The van der Waals surface area contributed by atoms with E-state index in [2.05, 4.69) is 26.8 Å². The summed E-state index contributed by atoms with van der Waals surface area (Å²) < 4.78 is 13.6. The Kier molecular flexibility index (Phi) is 7.27. The Bertz CT molecular complexity index is 1720. The maximum absolute atomic E-state index is 12.6. The summed E-state index contributed by atoms with van der Waals surface area (Å²) in [4.78, 5) is 29.6. The standard InChI is InChI=1S/C32H33N7O3/c1-37(2)15-7-9-28(40)39-17-22-21(23(22)18-39)11-12-24-29(30-31(33)35-19-36-32(30)38(24)3)20-10-13-25(26(16-20)41-4)42-27-8-5-6-14-34-27/h5-10,13-14,16,19,21-23H,15,17-18H2,1-4H3,(H2,33,35,36)/b9-7+/t21?,22-,23+. The highest BCUT2D eigenvalue weighted by Crippen LogP contribution is 2.51. The van der Waals surface area contributed by atoms with Crippen LogP contribution in [0.1, 0.15) is 5.69 Å². The Morgan fingerprint density at radius 3 is 2.67 bits per heavy atom. The molecule has 2 N–H and O–H groups in total. The Morgan fingerprint density at radius 2 is 1.95 bits per heavy atom. The van der Waals surface area contributed by atoms with Gasteiger partial charge in [0.15, 0.2) is 11.5 Å². The molecule has 1 saturated heterocycles. The number of likely N-dealkylation sites (N-methyl/N-ethyl adjacent to an activating group) is 1. The summed E-state index contributed by atoms with van der Waals surface area (Å²) in [5.41, 5.74) is 9.59. The van der Waals surface area contributed by atoms with Gasteiger partial charge in [-0.2, -0.15) is 0 Å². The van der Waals surface area contributed by atoms with Gasteiger partial charge in [-0.05, 0) is 55.6 Å². The summed E-state index contributed by atoms with van der Waals surface area (Å²) in [7, 11) is 7.50. The van der Waals surface area contributed by atoms with Crippen molar-refractivity contribution < 1.29 is 14.3 Å². The predicted molar refractivity (Wildman–Crippen MR) is 161 cm³/mol. The number of pyridine rings is 1. The molecule has 0 bridgehead atoms. The number of benzene rings is 1. The average Bonchev–Trinajstić information content (AvgIpc) is 3.29. The highest BCUT2D eigenvalue weighted by atomic mass is 16.5. The van der Waals surface area contributed by atoms with E-state index in [1.807, 2.05) is 71.9 Å². The molecule has 1 aliphatic heterocycles. The van der Waals surface area contributed by atoms with Crippen LogP contribution in [0.4, 0.5) is 5.82 Å². The van der Waals surface area contributed by atoms with Crippen molar-refractivity contribution in [3.05, 3.63) is 66.8 Å². The summed E-state index contributed by atoms with van der Waals surface area (Å²) in [6.07, 6.45) is 6.73. The zero-order valence-electron chi connectivity index (χ0n) is 24.1. The number of piperidine rings is 1. The molecule has 4 heterocycles. The molecule has 4 aromatic rings. The van der Waals surface area contributed by atoms with Crippen LogP contribution in [0.2, 0.25) is 0 Å². The van der Waals surface area contributed by atoms with Crippen LogP contribution in [0, 0.1) is 29.6 Å². The number of likely N-dealkylation sites (tertiary alicyclic amines) is 1. The molecule has 3 atom stereocenters. The first-order valence-electron chi connectivity index (χ1n) is 13.8. The van der Waals surface area contributed by atoms with Crippen LogP contribution in [0.3, 0.4) is 0 Å². The lowest BCUT2D eigenvalue weighted by Crippen LogP contribution is -2.30. The van der Waals surface area contributed by atoms with Gasteiger partial charge in [0.05, 0.1) is 12.5 Å². The van der Waals surface area contributed by atoms with Crippen molar-refractivity contribution in [1.82, 2.24) is 29.3 Å². The third kappa shape index (κ3) is 5.15. The van der Waals surface area contributed by atoms with E-state index < -0.39 is 0 Å². The van der Waals surface area contributed by atoms with Crippen LogP contribution in [-0.2, 0) is 11.8 Å². The van der Waals surface area contributed by atoms with Crippen LogP contribution in [0.25, 0.3) is 22.2 Å². The zero-order valence-corrected chi connectivity index (χ0v) is 24.1. The number of aryl methyl sites for hydroxylation is 1. The molecular weight excluding hydrogens is 530 g/mol. The van der Waals surface area contributed by atoms with E-state index in [-0.39, 0.29) is 11.8 Å². The van der Waals surface area contributed by atoms with Gasteiger partial charge in [0, 0.05) is 56.5 Å². The summed E-state index contributed by atoms with van der Waals surface area (Å²) in [6, 6.07) is 11.2. The number of methoxy groups -OCH3 is 1. The molecule has 6 rings (SSSR count). The van der Waals surface area contributed by atoms with Gasteiger partial charge in [-0.15, -0.1) is 0 Å². The first kappa shape index (κ1) is 27.3. The molecule has 214 valence electrons. The molecule has 1 aliphatic carbocycles. The molecule has 2 fully saturated rings. The number of ether oxygens (including phenoxy) is 2. The molecular formula is C32H33N7O3. The van der Waals surface area contributed by atoms with Crippen molar-refractivity contribution in [1.29, 1.82) is 0 Å². The quantitative estimate of drug-likeness (QED) is 0.268. The van der Waals surface area contributed by atoms with Gasteiger partial charge in [0.2, 0.25) is 11.8 Å².